The van der Waals surface area contributed by atoms with Gasteiger partial charge in [0, 0.05) is 24.5 Å². The zero-order chi connectivity index (χ0) is 14.9. The number of rotatable bonds is 3. The van der Waals surface area contributed by atoms with E-state index in [0.717, 1.165) is 24.2 Å². The third kappa shape index (κ3) is 2.67. The fourth-order valence-electron chi connectivity index (χ4n) is 2.14. The Labute approximate surface area is 114 Å². The van der Waals surface area contributed by atoms with Gasteiger partial charge in [0.2, 0.25) is 0 Å². The zero-order valence-electron chi connectivity index (χ0n) is 11.1. The van der Waals surface area contributed by atoms with E-state index in [0.29, 0.717) is 12.2 Å². The van der Waals surface area contributed by atoms with Crippen LogP contribution < -0.4 is 5.73 Å². The number of halogens is 3. The Morgan fingerprint density at radius 3 is 2.70 bits per heavy atom. The van der Waals surface area contributed by atoms with Crippen molar-refractivity contribution in [2.24, 2.45) is 5.73 Å². The van der Waals surface area contributed by atoms with E-state index < -0.39 is 17.8 Å². The minimum absolute atomic E-state index is 0.0467. The third-order valence-corrected chi connectivity index (χ3v) is 3.04. The summed E-state index contributed by atoms with van der Waals surface area (Å²) < 4.78 is 40.6. The molecule has 1 atom stereocenters. The molecule has 2 aromatic heterocycles. The number of nitrogens with zero attached hydrogens (tertiary/aromatic N) is 3. The summed E-state index contributed by atoms with van der Waals surface area (Å²) in [5, 5.41) is 4.20. The summed E-state index contributed by atoms with van der Waals surface area (Å²) >= 11 is 0. The highest BCUT2D eigenvalue weighted by molar-refractivity contribution is 5.34. The molecule has 0 bridgehead atoms. The Hall–Kier alpha value is -1.89. The molecule has 2 N–H and O–H groups in total. The van der Waals surface area contributed by atoms with Crippen molar-refractivity contribution in [3.05, 3.63) is 47.0 Å². The van der Waals surface area contributed by atoms with Crippen LogP contribution in [0.1, 0.15) is 35.5 Å². The molecule has 0 fully saturated rings. The molecule has 0 spiro atoms. The molecular weight excluding hydrogens is 269 g/mol. The number of hydrogen-bond acceptors (Lipinski definition) is 3. The maximum Gasteiger partial charge on any atom is 0.416 e. The first-order valence-electron chi connectivity index (χ1n) is 6.15. The lowest BCUT2D eigenvalue weighted by Crippen LogP contribution is -2.21. The van der Waals surface area contributed by atoms with Crippen LogP contribution in [0, 0.1) is 6.92 Å². The number of aryl methyl sites for hydroxylation is 2. The quantitative estimate of drug-likeness (QED) is 0.942. The molecule has 4 nitrogen and oxygen atoms in total. The van der Waals surface area contributed by atoms with Crippen LogP contribution in [0.5, 0.6) is 0 Å². The summed E-state index contributed by atoms with van der Waals surface area (Å²) in [6.45, 7) is 4.17. The normalized spacial score (nSPS) is 13.5. The van der Waals surface area contributed by atoms with Crippen molar-refractivity contribution < 1.29 is 13.2 Å². The van der Waals surface area contributed by atoms with Crippen molar-refractivity contribution in [1.82, 2.24) is 14.8 Å². The van der Waals surface area contributed by atoms with Gasteiger partial charge in [-0.1, -0.05) is 0 Å². The molecule has 0 aliphatic heterocycles. The molecule has 0 radical (unpaired) electrons. The SMILES string of the molecule is CCn1nc(C)cc1C(N)c1cnccc1C(F)(F)F. The van der Waals surface area contributed by atoms with E-state index in [4.69, 9.17) is 5.73 Å². The van der Waals surface area contributed by atoms with Gasteiger partial charge in [0.1, 0.15) is 0 Å². The number of alkyl halides is 3. The van der Waals surface area contributed by atoms with Crippen LogP contribution in [0.4, 0.5) is 13.2 Å². The number of nitrogens with two attached hydrogens (primary N) is 1. The molecule has 0 aromatic carbocycles. The van der Waals surface area contributed by atoms with E-state index in [9.17, 15) is 13.2 Å². The van der Waals surface area contributed by atoms with E-state index >= 15 is 0 Å². The fourth-order valence-corrected chi connectivity index (χ4v) is 2.14. The number of pyridine rings is 1. The van der Waals surface area contributed by atoms with E-state index in [-0.39, 0.29) is 5.56 Å². The van der Waals surface area contributed by atoms with Gasteiger partial charge in [-0.3, -0.25) is 9.67 Å². The highest BCUT2D eigenvalue weighted by Gasteiger charge is 2.35. The lowest BCUT2D eigenvalue weighted by molar-refractivity contribution is -0.138. The van der Waals surface area contributed by atoms with Crippen molar-refractivity contribution in [2.45, 2.75) is 32.6 Å². The second-order valence-electron chi connectivity index (χ2n) is 4.46. The monoisotopic (exact) mass is 284 g/mol. The van der Waals surface area contributed by atoms with Gasteiger partial charge < -0.3 is 5.73 Å². The summed E-state index contributed by atoms with van der Waals surface area (Å²) in [5.41, 5.74) is 6.46. The van der Waals surface area contributed by atoms with E-state index in [1.807, 2.05) is 6.92 Å². The highest BCUT2D eigenvalue weighted by atomic mass is 19.4. The van der Waals surface area contributed by atoms with E-state index in [1.165, 1.54) is 0 Å². The Morgan fingerprint density at radius 1 is 1.40 bits per heavy atom. The predicted octanol–water partition coefficient (Wildman–Crippen LogP) is 2.67. The average molecular weight is 284 g/mol. The molecule has 1 unspecified atom stereocenters. The second kappa shape index (κ2) is 5.24. The Balaban J connectivity index is 2.51. The fraction of sp³-hybridized carbons (Fsp3) is 0.385. The highest BCUT2D eigenvalue weighted by Crippen LogP contribution is 2.35. The average Bonchev–Trinajstić information content (AvgIpc) is 2.78. The third-order valence-electron chi connectivity index (χ3n) is 3.04. The van der Waals surface area contributed by atoms with Gasteiger partial charge in [-0.15, -0.1) is 0 Å². The standard InChI is InChI=1S/C13H15F3N4/c1-3-20-11(6-8(2)19-20)12(17)9-7-18-5-4-10(9)13(14,15)16/h4-7,12H,3,17H2,1-2H3. The first-order chi connectivity index (χ1) is 9.34. The number of hydrogen-bond donors (Lipinski definition) is 1. The van der Waals surface area contributed by atoms with Gasteiger partial charge in [-0.05, 0) is 26.0 Å². The van der Waals surface area contributed by atoms with Gasteiger partial charge in [0.25, 0.3) is 0 Å². The smallest absolute Gasteiger partial charge is 0.319 e. The van der Waals surface area contributed by atoms with Gasteiger partial charge in [0.15, 0.2) is 0 Å². The molecule has 0 saturated carbocycles. The molecule has 2 aromatic rings. The van der Waals surface area contributed by atoms with Gasteiger partial charge >= 0.3 is 6.18 Å². The first kappa shape index (κ1) is 14.5. The van der Waals surface area contributed by atoms with Gasteiger partial charge in [0.05, 0.1) is 23.0 Å². The molecule has 0 aliphatic carbocycles. The van der Waals surface area contributed by atoms with Crippen LogP contribution in [0.3, 0.4) is 0 Å². The predicted molar refractivity (Wildman–Crippen MR) is 67.9 cm³/mol. The minimum Gasteiger partial charge on any atom is -0.319 e. The molecule has 0 aliphatic rings. The van der Waals surface area contributed by atoms with E-state index in [2.05, 4.69) is 10.1 Å². The summed E-state index contributed by atoms with van der Waals surface area (Å²) in [6.07, 6.45) is -2.18. The second-order valence-corrected chi connectivity index (χ2v) is 4.46. The van der Waals surface area contributed by atoms with Crippen LogP contribution in [-0.4, -0.2) is 14.8 Å². The van der Waals surface area contributed by atoms with Crippen LogP contribution >= 0.6 is 0 Å². The Bertz CT molecular complexity index is 604. The summed E-state index contributed by atoms with van der Waals surface area (Å²) in [6, 6.07) is 1.72. The first-order valence-corrected chi connectivity index (χ1v) is 6.15. The summed E-state index contributed by atoms with van der Waals surface area (Å²) in [4.78, 5) is 3.76. The molecule has 0 amide bonds. The molecule has 2 rings (SSSR count). The van der Waals surface area contributed by atoms with Crippen LogP contribution in [0.2, 0.25) is 0 Å². The van der Waals surface area contributed by atoms with Crippen molar-refractivity contribution in [3.63, 3.8) is 0 Å². The van der Waals surface area contributed by atoms with Gasteiger partial charge in [-0.25, -0.2) is 0 Å². The van der Waals surface area contributed by atoms with Crippen LogP contribution in [0.15, 0.2) is 24.5 Å². The molecule has 7 heteroatoms. The lowest BCUT2D eigenvalue weighted by atomic mass is 10.0. The van der Waals surface area contributed by atoms with Crippen molar-refractivity contribution in [1.29, 1.82) is 0 Å². The summed E-state index contributed by atoms with van der Waals surface area (Å²) in [7, 11) is 0. The molecule has 0 saturated heterocycles. The Kier molecular flexibility index (Phi) is 3.80. The van der Waals surface area contributed by atoms with Crippen molar-refractivity contribution in [2.75, 3.05) is 0 Å². The molecule has 2 heterocycles. The van der Waals surface area contributed by atoms with Crippen molar-refractivity contribution >= 4 is 0 Å². The Morgan fingerprint density at radius 2 is 2.10 bits per heavy atom. The maximum absolute atomic E-state index is 13.0. The number of aromatic nitrogens is 3. The molecule has 108 valence electrons. The summed E-state index contributed by atoms with van der Waals surface area (Å²) in [5.74, 6) is 0. The van der Waals surface area contributed by atoms with Crippen LogP contribution in [-0.2, 0) is 12.7 Å². The largest absolute Gasteiger partial charge is 0.416 e. The van der Waals surface area contributed by atoms with Crippen LogP contribution in [0.25, 0.3) is 0 Å². The molecule has 20 heavy (non-hydrogen) atoms. The molecular formula is C13H15F3N4. The topological polar surface area (TPSA) is 56.7 Å². The lowest BCUT2D eigenvalue weighted by Gasteiger charge is -2.18. The van der Waals surface area contributed by atoms with Gasteiger partial charge in [-0.2, -0.15) is 18.3 Å². The maximum atomic E-state index is 13.0. The van der Waals surface area contributed by atoms with E-state index in [1.54, 1.807) is 17.7 Å². The van der Waals surface area contributed by atoms with Crippen molar-refractivity contribution in [3.8, 4) is 0 Å². The minimum atomic E-state index is -4.46. The zero-order valence-corrected chi connectivity index (χ0v) is 11.1.